The highest BCUT2D eigenvalue weighted by Crippen LogP contribution is 2.33. The van der Waals surface area contributed by atoms with Gasteiger partial charge in [0.05, 0.1) is 26.9 Å². The van der Waals surface area contributed by atoms with Gasteiger partial charge < -0.3 is 30.4 Å². The number of ether oxygens (including phenoxy) is 3. The van der Waals surface area contributed by atoms with E-state index in [0.29, 0.717) is 23.8 Å². The van der Waals surface area contributed by atoms with Crippen LogP contribution in [0.15, 0.2) is 12.1 Å². The third-order valence-electron chi connectivity index (χ3n) is 2.78. The molecule has 0 heterocycles. The van der Waals surface area contributed by atoms with E-state index in [1.54, 1.807) is 19.2 Å². The van der Waals surface area contributed by atoms with E-state index in [-0.39, 0.29) is 6.54 Å². The fraction of sp³-hybridized carbons (Fsp3) is 0.462. The van der Waals surface area contributed by atoms with Gasteiger partial charge >= 0.3 is 0 Å². The molecule has 0 aliphatic rings. The normalized spacial score (nSPS) is 11.8. The van der Waals surface area contributed by atoms with Crippen LogP contribution in [0.25, 0.3) is 0 Å². The number of nitrogens with two attached hydrogens (primary N) is 1. The molecule has 4 N–H and O–H groups in total. The summed E-state index contributed by atoms with van der Waals surface area (Å²) in [6, 6.07) is 3.45. The molecule has 20 heavy (non-hydrogen) atoms. The van der Waals surface area contributed by atoms with E-state index in [0.717, 1.165) is 5.56 Å². The Morgan fingerprint density at radius 1 is 1.25 bits per heavy atom. The van der Waals surface area contributed by atoms with Crippen molar-refractivity contribution in [1.82, 2.24) is 5.32 Å². The van der Waals surface area contributed by atoms with Gasteiger partial charge in [0.1, 0.15) is 23.4 Å². The van der Waals surface area contributed by atoms with E-state index >= 15 is 0 Å². The van der Waals surface area contributed by atoms with Gasteiger partial charge in [0.25, 0.3) is 0 Å². The first-order valence-corrected chi connectivity index (χ1v) is 6.00. The zero-order valence-electron chi connectivity index (χ0n) is 11.8. The average Bonchev–Trinajstić information content (AvgIpc) is 2.46. The monoisotopic (exact) mass is 284 g/mol. The molecular weight excluding hydrogens is 264 g/mol. The highest BCUT2D eigenvalue weighted by Gasteiger charge is 2.15. The molecule has 0 aliphatic carbocycles. The summed E-state index contributed by atoms with van der Waals surface area (Å²) < 4.78 is 15.7. The summed E-state index contributed by atoms with van der Waals surface area (Å²) in [7, 11) is 4.63. The van der Waals surface area contributed by atoms with Gasteiger partial charge in [-0.1, -0.05) is 0 Å². The SMILES string of the molecule is COc1cc(OC)c(CNCC(O)C(N)=O)c(OC)c1. The number of benzene rings is 1. The predicted molar refractivity (Wildman–Crippen MR) is 73.0 cm³/mol. The summed E-state index contributed by atoms with van der Waals surface area (Å²) in [5.74, 6) is 1.01. The number of amides is 1. The summed E-state index contributed by atoms with van der Waals surface area (Å²) in [6.07, 6.45) is -1.23. The van der Waals surface area contributed by atoms with Crippen LogP contribution in [0.3, 0.4) is 0 Å². The number of rotatable bonds is 8. The zero-order chi connectivity index (χ0) is 15.1. The van der Waals surface area contributed by atoms with Gasteiger partial charge in [-0.25, -0.2) is 0 Å². The molecule has 0 aromatic heterocycles. The van der Waals surface area contributed by atoms with E-state index in [4.69, 9.17) is 19.9 Å². The first-order chi connectivity index (χ1) is 9.53. The fourth-order valence-electron chi connectivity index (χ4n) is 1.69. The van der Waals surface area contributed by atoms with Gasteiger partial charge in [-0.05, 0) is 0 Å². The molecule has 0 saturated carbocycles. The second-order valence-corrected chi connectivity index (χ2v) is 4.06. The second kappa shape index (κ2) is 7.56. The van der Waals surface area contributed by atoms with Gasteiger partial charge in [0.2, 0.25) is 5.91 Å². The Hall–Kier alpha value is -1.99. The van der Waals surface area contributed by atoms with Gasteiger partial charge in [0.15, 0.2) is 0 Å². The van der Waals surface area contributed by atoms with Crippen LogP contribution >= 0.6 is 0 Å². The molecule has 0 saturated heterocycles. The number of primary amides is 1. The summed E-state index contributed by atoms with van der Waals surface area (Å²) >= 11 is 0. The number of carbonyl (C=O) groups excluding carboxylic acids is 1. The van der Waals surface area contributed by atoms with Crippen molar-refractivity contribution in [2.75, 3.05) is 27.9 Å². The maximum absolute atomic E-state index is 10.7. The van der Waals surface area contributed by atoms with E-state index in [1.807, 2.05) is 0 Å². The molecule has 0 bridgehead atoms. The number of carbonyl (C=O) groups is 1. The molecule has 0 spiro atoms. The maximum atomic E-state index is 10.7. The molecule has 0 aliphatic heterocycles. The molecule has 1 rings (SSSR count). The highest BCUT2D eigenvalue weighted by atomic mass is 16.5. The lowest BCUT2D eigenvalue weighted by molar-refractivity contribution is -0.125. The predicted octanol–water partition coefficient (Wildman–Crippen LogP) is -0.352. The lowest BCUT2D eigenvalue weighted by Gasteiger charge is -2.16. The molecule has 1 atom stereocenters. The van der Waals surface area contributed by atoms with Crippen molar-refractivity contribution < 1.29 is 24.1 Å². The van der Waals surface area contributed by atoms with Crippen LogP contribution in [0.2, 0.25) is 0 Å². The van der Waals surface area contributed by atoms with Crippen molar-refractivity contribution in [3.63, 3.8) is 0 Å². The summed E-state index contributed by atoms with van der Waals surface area (Å²) in [5, 5.41) is 12.2. The molecule has 0 fully saturated rings. The minimum atomic E-state index is -1.23. The first kappa shape index (κ1) is 16.1. The Morgan fingerprint density at radius 2 is 1.80 bits per heavy atom. The summed E-state index contributed by atoms with van der Waals surface area (Å²) in [4.78, 5) is 10.7. The Balaban J connectivity index is 2.84. The number of hydrogen-bond acceptors (Lipinski definition) is 6. The van der Waals surface area contributed by atoms with Crippen LogP contribution in [-0.2, 0) is 11.3 Å². The smallest absolute Gasteiger partial charge is 0.247 e. The quantitative estimate of drug-likeness (QED) is 0.603. The van der Waals surface area contributed by atoms with Gasteiger partial charge in [-0.2, -0.15) is 0 Å². The lowest BCUT2D eigenvalue weighted by Crippen LogP contribution is -2.37. The van der Waals surface area contributed by atoms with E-state index in [1.165, 1.54) is 14.2 Å². The van der Waals surface area contributed by atoms with Crippen LogP contribution in [-0.4, -0.2) is 45.0 Å². The third kappa shape index (κ3) is 4.01. The minimum absolute atomic E-state index is 0.0493. The standard InChI is InChI=1S/C13H20N2O5/c1-18-8-4-11(19-2)9(12(5-8)20-3)6-15-7-10(16)13(14)17/h4-5,10,15-16H,6-7H2,1-3H3,(H2,14,17). The Morgan fingerprint density at radius 3 is 2.20 bits per heavy atom. The zero-order valence-corrected chi connectivity index (χ0v) is 11.8. The molecule has 7 heteroatoms. The maximum Gasteiger partial charge on any atom is 0.247 e. The number of aliphatic hydroxyl groups is 1. The van der Waals surface area contributed by atoms with Crippen molar-refractivity contribution in [3.05, 3.63) is 17.7 Å². The Labute approximate surface area is 117 Å². The first-order valence-electron chi connectivity index (χ1n) is 6.00. The molecule has 1 unspecified atom stereocenters. The number of nitrogens with one attached hydrogen (secondary N) is 1. The molecule has 1 aromatic carbocycles. The minimum Gasteiger partial charge on any atom is -0.496 e. The van der Waals surface area contributed by atoms with Gasteiger partial charge in [0, 0.05) is 25.2 Å². The lowest BCUT2D eigenvalue weighted by atomic mass is 10.1. The van der Waals surface area contributed by atoms with Crippen LogP contribution < -0.4 is 25.3 Å². The summed E-state index contributed by atoms with van der Waals surface area (Å²) in [5.41, 5.74) is 5.73. The Bertz CT molecular complexity index is 439. The fourth-order valence-corrected chi connectivity index (χ4v) is 1.69. The highest BCUT2D eigenvalue weighted by molar-refractivity contribution is 5.78. The molecule has 7 nitrogen and oxygen atoms in total. The molecule has 1 aromatic rings. The molecular formula is C13H20N2O5. The van der Waals surface area contributed by atoms with Crippen molar-refractivity contribution in [2.24, 2.45) is 5.73 Å². The topological polar surface area (TPSA) is 103 Å². The van der Waals surface area contributed by atoms with Crippen LogP contribution in [0.1, 0.15) is 5.56 Å². The average molecular weight is 284 g/mol. The Kier molecular flexibility index (Phi) is 6.08. The largest absolute Gasteiger partial charge is 0.496 e. The number of aliphatic hydroxyl groups excluding tert-OH is 1. The van der Waals surface area contributed by atoms with Crippen molar-refractivity contribution in [1.29, 1.82) is 0 Å². The summed E-state index contributed by atoms with van der Waals surface area (Å²) in [6.45, 7) is 0.397. The van der Waals surface area contributed by atoms with E-state index in [9.17, 15) is 9.90 Å². The van der Waals surface area contributed by atoms with Gasteiger partial charge in [-0.3, -0.25) is 4.79 Å². The number of hydrogen-bond donors (Lipinski definition) is 3. The molecule has 0 radical (unpaired) electrons. The van der Waals surface area contributed by atoms with Crippen molar-refractivity contribution >= 4 is 5.91 Å². The third-order valence-corrected chi connectivity index (χ3v) is 2.78. The van der Waals surface area contributed by atoms with E-state index < -0.39 is 12.0 Å². The molecule has 1 amide bonds. The van der Waals surface area contributed by atoms with Gasteiger partial charge in [-0.15, -0.1) is 0 Å². The van der Waals surface area contributed by atoms with Crippen LogP contribution in [0.5, 0.6) is 17.2 Å². The molecule has 112 valence electrons. The van der Waals surface area contributed by atoms with Crippen LogP contribution in [0, 0.1) is 0 Å². The van der Waals surface area contributed by atoms with Crippen LogP contribution in [0.4, 0.5) is 0 Å². The van der Waals surface area contributed by atoms with Crippen molar-refractivity contribution in [2.45, 2.75) is 12.6 Å². The van der Waals surface area contributed by atoms with Crippen molar-refractivity contribution in [3.8, 4) is 17.2 Å². The second-order valence-electron chi connectivity index (χ2n) is 4.06. The van der Waals surface area contributed by atoms with E-state index in [2.05, 4.69) is 5.32 Å². The number of methoxy groups -OCH3 is 3.